The Kier molecular flexibility index (Phi) is 12.0. The van der Waals surface area contributed by atoms with E-state index in [1.807, 2.05) is 12.3 Å². The van der Waals surface area contributed by atoms with Crippen LogP contribution in [-0.4, -0.2) is 9.55 Å². The molecule has 0 saturated carbocycles. The van der Waals surface area contributed by atoms with Gasteiger partial charge in [0.1, 0.15) is 5.82 Å². The Bertz CT molecular complexity index is 2820. The van der Waals surface area contributed by atoms with Crippen LogP contribution in [0.4, 0.5) is 11.4 Å². The molecule has 0 unspecified atom stereocenters. The van der Waals surface area contributed by atoms with Gasteiger partial charge in [0.05, 0.1) is 0 Å². The first kappa shape index (κ1) is 45.9. The summed E-state index contributed by atoms with van der Waals surface area (Å²) in [5.41, 5.74) is 10.9. The Labute approximate surface area is 391 Å². The Morgan fingerprint density at radius 1 is 0.540 bits per heavy atom. The van der Waals surface area contributed by atoms with E-state index in [1.165, 1.54) is 27.6 Å². The van der Waals surface area contributed by atoms with Gasteiger partial charge in [-0.05, 0) is 80.4 Å². The van der Waals surface area contributed by atoms with E-state index in [4.69, 9.17) is 9.72 Å². The van der Waals surface area contributed by atoms with Gasteiger partial charge < -0.3 is 19.1 Å². The van der Waals surface area contributed by atoms with E-state index in [1.54, 1.807) is 0 Å². The van der Waals surface area contributed by atoms with Crippen molar-refractivity contribution in [3.8, 4) is 17.3 Å². The summed E-state index contributed by atoms with van der Waals surface area (Å²) in [6.07, 6.45) is 4.19. The molecule has 1 aliphatic rings. The van der Waals surface area contributed by atoms with Crippen molar-refractivity contribution in [3.63, 3.8) is 0 Å². The maximum Gasteiger partial charge on any atom is 0.135 e. The molecule has 0 bridgehead atoms. The summed E-state index contributed by atoms with van der Waals surface area (Å²) in [5, 5.41) is 2.28. The van der Waals surface area contributed by atoms with E-state index in [9.17, 15) is 0 Å². The van der Waals surface area contributed by atoms with Crippen LogP contribution in [0.25, 0.3) is 27.6 Å². The normalized spacial score (nSPS) is 14.0. The van der Waals surface area contributed by atoms with Crippen LogP contribution in [-0.2, 0) is 42.7 Å². The van der Waals surface area contributed by atoms with Gasteiger partial charge in [-0.2, -0.15) is 6.07 Å². The number of nitrogens with zero attached hydrogens (tertiary/aromatic N) is 4. The van der Waals surface area contributed by atoms with Crippen molar-refractivity contribution in [2.24, 2.45) is 5.41 Å². The van der Waals surface area contributed by atoms with Crippen LogP contribution in [0.3, 0.4) is 0 Å². The largest absolute Gasteiger partial charge is 0.509 e. The first-order chi connectivity index (χ1) is 29.0. The molecule has 3 heterocycles. The van der Waals surface area contributed by atoms with Gasteiger partial charge in [0.15, 0.2) is 0 Å². The summed E-state index contributed by atoms with van der Waals surface area (Å²) in [7, 11) is 0. The van der Waals surface area contributed by atoms with Gasteiger partial charge in [0, 0.05) is 66.5 Å². The van der Waals surface area contributed by atoms with Crippen LogP contribution in [0.2, 0.25) is 0 Å². The number of anilines is 2. The summed E-state index contributed by atoms with van der Waals surface area (Å²) < 4.78 is 9.11. The Hall–Kier alpha value is -5.12. The van der Waals surface area contributed by atoms with Gasteiger partial charge >= 0.3 is 0 Å². The van der Waals surface area contributed by atoms with Gasteiger partial charge in [-0.15, -0.1) is 53.6 Å². The van der Waals surface area contributed by atoms with E-state index in [0.29, 0.717) is 11.5 Å². The molecule has 8 rings (SSSR count). The van der Waals surface area contributed by atoms with E-state index in [-0.39, 0.29) is 48.1 Å². The zero-order chi connectivity index (χ0) is 44.6. The molecule has 1 aliphatic heterocycles. The van der Waals surface area contributed by atoms with Crippen LogP contribution in [0.15, 0.2) is 127 Å². The molecule has 0 N–H and O–H groups in total. The molecule has 7 aromatic rings. The predicted octanol–water partition coefficient (Wildman–Crippen LogP) is 15.1. The molecular weight excluding hydrogens is 952 g/mol. The summed E-state index contributed by atoms with van der Waals surface area (Å²) in [6, 6.07) is 46.8. The number of hydrogen-bond donors (Lipinski definition) is 0. The monoisotopic (exact) mass is 1010 g/mol. The number of aromatic nitrogens is 2. The van der Waals surface area contributed by atoms with Crippen LogP contribution < -0.4 is 14.5 Å². The molecule has 0 atom stereocenters. The molecule has 2 aromatic heterocycles. The van der Waals surface area contributed by atoms with E-state index < -0.39 is 0 Å². The molecule has 0 aliphatic carbocycles. The molecule has 0 saturated heterocycles. The maximum atomic E-state index is 6.87. The molecule has 5 aromatic carbocycles. The van der Waals surface area contributed by atoms with Gasteiger partial charge in [0.25, 0.3) is 0 Å². The number of hydrogen-bond acceptors (Lipinski definition) is 4. The fraction of sp³-hybridized carbons (Fsp3) is 0.333. The first-order valence-electron chi connectivity index (χ1n) is 22.0. The molecular formula is C57H63N4OPt-3. The first-order valence-corrected chi connectivity index (χ1v) is 22.0. The number of fused-ring (bicyclic) bond motifs is 3. The maximum absolute atomic E-state index is 6.87. The average molecular weight is 1020 g/mol. The third kappa shape index (κ3) is 9.14. The van der Waals surface area contributed by atoms with Crippen molar-refractivity contribution in [2.45, 2.75) is 119 Å². The topological polar surface area (TPSA) is 33.5 Å². The van der Waals surface area contributed by atoms with Crippen molar-refractivity contribution in [2.75, 3.05) is 9.80 Å². The number of benzene rings is 5. The molecule has 63 heavy (non-hydrogen) atoms. The summed E-state index contributed by atoms with van der Waals surface area (Å²) in [6.45, 7) is 33.8. The number of pyridine rings is 1. The number of allylic oxidation sites excluding steroid dienone is 1. The molecule has 6 heteroatoms. The Balaban J connectivity index is 0.00000595. The minimum absolute atomic E-state index is 0. The molecule has 0 fully saturated rings. The summed E-state index contributed by atoms with van der Waals surface area (Å²) >= 11 is 0. The zero-order valence-electron chi connectivity index (χ0n) is 39.6. The van der Waals surface area contributed by atoms with E-state index in [2.05, 4.69) is 239 Å². The second-order valence-corrected chi connectivity index (χ2v) is 21.7. The van der Waals surface area contributed by atoms with Crippen LogP contribution in [0.1, 0.15) is 125 Å². The second kappa shape index (κ2) is 16.5. The van der Waals surface area contributed by atoms with Crippen molar-refractivity contribution in [1.29, 1.82) is 0 Å². The van der Waals surface area contributed by atoms with Crippen molar-refractivity contribution < 1.29 is 25.8 Å². The molecule has 0 amide bonds. The zero-order valence-corrected chi connectivity index (χ0v) is 41.9. The van der Waals surface area contributed by atoms with Gasteiger partial charge in [-0.1, -0.05) is 157 Å². The van der Waals surface area contributed by atoms with Crippen LogP contribution in [0, 0.1) is 24.2 Å². The molecule has 0 radical (unpaired) electrons. The van der Waals surface area contributed by atoms with Gasteiger partial charge in [-0.3, -0.25) is 0 Å². The second-order valence-electron chi connectivity index (χ2n) is 21.7. The Morgan fingerprint density at radius 3 is 1.87 bits per heavy atom. The van der Waals surface area contributed by atoms with Crippen LogP contribution >= 0.6 is 0 Å². The smallest absolute Gasteiger partial charge is 0.135 e. The van der Waals surface area contributed by atoms with E-state index >= 15 is 0 Å². The van der Waals surface area contributed by atoms with Crippen molar-refractivity contribution >= 4 is 33.2 Å². The summed E-state index contributed by atoms with van der Waals surface area (Å²) in [5.74, 6) is 2.12. The fourth-order valence-corrected chi connectivity index (χ4v) is 8.34. The average Bonchev–Trinajstić information content (AvgIpc) is 3.81. The number of rotatable bonds is 7. The minimum Gasteiger partial charge on any atom is -0.509 e. The minimum atomic E-state index is -0.170. The van der Waals surface area contributed by atoms with E-state index in [0.717, 1.165) is 44.9 Å². The third-order valence-corrected chi connectivity index (χ3v) is 12.4. The van der Waals surface area contributed by atoms with Crippen molar-refractivity contribution in [3.05, 3.63) is 174 Å². The fourth-order valence-electron chi connectivity index (χ4n) is 8.34. The van der Waals surface area contributed by atoms with Gasteiger partial charge in [-0.25, -0.2) is 4.98 Å². The van der Waals surface area contributed by atoms with Gasteiger partial charge in [0.2, 0.25) is 0 Å². The van der Waals surface area contributed by atoms with Crippen LogP contribution in [0.5, 0.6) is 11.5 Å². The Morgan fingerprint density at radius 2 is 1.21 bits per heavy atom. The predicted molar refractivity (Wildman–Crippen MR) is 261 cm³/mol. The third-order valence-electron chi connectivity index (χ3n) is 12.4. The molecule has 0 spiro atoms. The quantitative estimate of drug-likeness (QED) is 0.149. The standard InChI is InChI=1S/C57H63N4O.Pt/c1-53(2,3)39-23-26-49-48(32-39)47-25-24-45(35-50(47)61(49)52-33-40(27-28-58-52)54(4,5)6)62-46-31-42(55(7,8)9)30-44(34-46)60-37-59(36-51(60)56(10,11)12)43-22-18-21-41(29-43)57(13,14)38-19-16-15-17-20-38;/h15-33,36-37H,1-14H3;/q-3;. The SMILES string of the molecule is CC(C)(C)C1=CN(c2cccc(C(C)(C)c3ccccc3)c2)[CH-]N1c1[c-]c(Oc2[c-]c3c(cc2)c2cc(C(C)(C)C)ccc2n3-c2cc(C(C)(C)C)ccn2)cc(C(C)(C)C)c1.[Pt]. The number of ether oxygens (including phenoxy) is 1. The summed E-state index contributed by atoms with van der Waals surface area (Å²) in [4.78, 5) is 9.47. The molecule has 5 nitrogen and oxygen atoms in total. The molecule has 330 valence electrons. The van der Waals surface area contributed by atoms with Crippen molar-refractivity contribution in [1.82, 2.24) is 9.55 Å².